The molecule has 0 saturated heterocycles. The van der Waals surface area contributed by atoms with E-state index in [2.05, 4.69) is 35.5 Å². The molecule has 0 aliphatic heterocycles. The van der Waals surface area contributed by atoms with Crippen molar-refractivity contribution in [1.29, 1.82) is 0 Å². The largest absolute Gasteiger partial charge is 0.331 e. The van der Waals surface area contributed by atoms with Gasteiger partial charge in [-0.15, -0.1) is 11.6 Å². The van der Waals surface area contributed by atoms with Crippen LogP contribution < -0.4 is 0 Å². The van der Waals surface area contributed by atoms with E-state index >= 15 is 0 Å². The van der Waals surface area contributed by atoms with Crippen molar-refractivity contribution in [3.8, 4) is 0 Å². The molecule has 1 aromatic carbocycles. The van der Waals surface area contributed by atoms with Crippen LogP contribution in [-0.2, 0) is 6.54 Å². The van der Waals surface area contributed by atoms with Crippen LogP contribution >= 0.6 is 11.6 Å². The van der Waals surface area contributed by atoms with Gasteiger partial charge in [0.25, 0.3) is 0 Å². The van der Waals surface area contributed by atoms with Gasteiger partial charge in [0, 0.05) is 12.4 Å². The van der Waals surface area contributed by atoms with Crippen LogP contribution in [0.5, 0.6) is 0 Å². The summed E-state index contributed by atoms with van der Waals surface area (Å²) in [6, 6.07) is 4.35. The van der Waals surface area contributed by atoms with Gasteiger partial charge in [-0.25, -0.2) is 4.98 Å². The maximum absolute atomic E-state index is 5.70. The molecule has 0 radical (unpaired) electrons. The van der Waals surface area contributed by atoms with Crippen molar-refractivity contribution >= 4 is 22.6 Å². The van der Waals surface area contributed by atoms with E-state index in [1.807, 2.05) is 6.33 Å². The normalized spacial score (nSPS) is 11.1. The highest BCUT2D eigenvalue weighted by molar-refractivity contribution is 6.17. The summed E-state index contributed by atoms with van der Waals surface area (Å²) in [5.41, 5.74) is 4.86. The topological polar surface area (TPSA) is 17.8 Å². The smallest absolute Gasteiger partial charge is 0.0958 e. The van der Waals surface area contributed by atoms with E-state index in [9.17, 15) is 0 Å². The molecule has 0 bridgehead atoms. The zero-order chi connectivity index (χ0) is 10.8. The second kappa shape index (κ2) is 4.23. The molecule has 2 nitrogen and oxygen atoms in total. The third kappa shape index (κ3) is 2.00. The Morgan fingerprint density at radius 1 is 1.33 bits per heavy atom. The Morgan fingerprint density at radius 2 is 2.13 bits per heavy atom. The number of nitrogens with zero attached hydrogens (tertiary/aromatic N) is 2. The molecular formula is C12H15ClN2. The second-order valence-electron chi connectivity index (χ2n) is 3.93. The molecule has 15 heavy (non-hydrogen) atoms. The number of benzene rings is 1. The Hall–Kier alpha value is -1.02. The highest BCUT2D eigenvalue weighted by Gasteiger charge is 2.05. The van der Waals surface area contributed by atoms with Crippen molar-refractivity contribution in [3.05, 3.63) is 29.6 Å². The van der Waals surface area contributed by atoms with E-state index in [4.69, 9.17) is 11.6 Å². The predicted molar refractivity (Wildman–Crippen MR) is 64.5 cm³/mol. The summed E-state index contributed by atoms with van der Waals surface area (Å²) >= 11 is 5.70. The molecule has 2 rings (SSSR count). The number of rotatable bonds is 3. The average Bonchev–Trinajstić information content (AvgIpc) is 2.58. The molecule has 0 unspecified atom stereocenters. The molecule has 0 atom stereocenters. The molecule has 1 heterocycles. The third-order valence-corrected chi connectivity index (χ3v) is 2.86. The van der Waals surface area contributed by atoms with Gasteiger partial charge in [0.05, 0.1) is 17.4 Å². The van der Waals surface area contributed by atoms with Crippen molar-refractivity contribution in [2.45, 2.75) is 26.8 Å². The first-order valence-corrected chi connectivity index (χ1v) is 5.74. The quantitative estimate of drug-likeness (QED) is 0.729. The molecular weight excluding hydrogens is 208 g/mol. The van der Waals surface area contributed by atoms with Gasteiger partial charge in [0.1, 0.15) is 0 Å². The van der Waals surface area contributed by atoms with E-state index in [-0.39, 0.29) is 0 Å². The van der Waals surface area contributed by atoms with E-state index in [1.54, 1.807) is 0 Å². The zero-order valence-electron chi connectivity index (χ0n) is 9.13. The van der Waals surface area contributed by atoms with Crippen molar-refractivity contribution in [1.82, 2.24) is 9.55 Å². The predicted octanol–water partition coefficient (Wildman–Crippen LogP) is 3.28. The third-order valence-electron chi connectivity index (χ3n) is 2.59. The molecule has 3 heteroatoms. The average molecular weight is 223 g/mol. The van der Waals surface area contributed by atoms with Crippen molar-refractivity contribution < 1.29 is 0 Å². The van der Waals surface area contributed by atoms with Crippen LogP contribution in [0.3, 0.4) is 0 Å². The fourth-order valence-electron chi connectivity index (χ4n) is 1.92. The van der Waals surface area contributed by atoms with Crippen LogP contribution in [0.4, 0.5) is 0 Å². The number of aromatic nitrogens is 2. The number of aryl methyl sites for hydroxylation is 3. The fourth-order valence-corrected chi connectivity index (χ4v) is 2.04. The monoisotopic (exact) mass is 222 g/mol. The molecule has 0 aliphatic rings. The first-order valence-electron chi connectivity index (χ1n) is 5.20. The van der Waals surface area contributed by atoms with Gasteiger partial charge in [-0.2, -0.15) is 0 Å². The number of alkyl halides is 1. The van der Waals surface area contributed by atoms with E-state index < -0.39 is 0 Å². The molecule has 0 N–H and O–H groups in total. The number of hydrogen-bond donors (Lipinski definition) is 0. The summed E-state index contributed by atoms with van der Waals surface area (Å²) in [5.74, 6) is 0.699. The summed E-state index contributed by atoms with van der Waals surface area (Å²) in [5, 5.41) is 0. The molecule has 0 fully saturated rings. The summed E-state index contributed by atoms with van der Waals surface area (Å²) in [6.45, 7) is 5.17. The van der Waals surface area contributed by atoms with E-state index in [0.29, 0.717) is 5.88 Å². The molecule has 0 amide bonds. The van der Waals surface area contributed by atoms with Gasteiger partial charge in [-0.1, -0.05) is 6.07 Å². The maximum atomic E-state index is 5.70. The SMILES string of the molecule is Cc1cc(C)c2ncn(CCCCl)c2c1. The van der Waals surface area contributed by atoms with Gasteiger partial charge < -0.3 is 4.57 Å². The highest BCUT2D eigenvalue weighted by atomic mass is 35.5. The van der Waals surface area contributed by atoms with Gasteiger partial charge in [0.2, 0.25) is 0 Å². The number of fused-ring (bicyclic) bond motifs is 1. The summed E-state index contributed by atoms with van der Waals surface area (Å²) in [4.78, 5) is 4.43. The second-order valence-corrected chi connectivity index (χ2v) is 4.31. The molecule has 0 saturated carbocycles. The fraction of sp³-hybridized carbons (Fsp3) is 0.417. The number of halogens is 1. The van der Waals surface area contributed by atoms with Gasteiger partial charge in [-0.3, -0.25) is 0 Å². The Morgan fingerprint density at radius 3 is 2.87 bits per heavy atom. The first kappa shape index (κ1) is 10.5. The van der Waals surface area contributed by atoms with Gasteiger partial charge in [0.15, 0.2) is 0 Å². The molecule has 80 valence electrons. The molecule has 1 aromatic heterocycles. The minimum Gasteiger partial charge on any atom is -0.331 e. The van der Waals surface area contributed by atoms with Crippen LogP contribution in [-0.4, -0.2) is 15.4 Å². The van der Waals surface area contributed by atoms with Crippen LogP contribution in [0, 0.1) is 13.8 Å². The Balaban J connectivity index is 2.49. The standard InChI is InChI=1S/C12H15ClN2/c1-9-6-10(2)12-11(7-9)15(8-14-12)5-3-4-13/h6-8H,3-5H2,1-2H3. The van der Waals surface area contributed by atoms with Crippen LogP contribution in [0.25, 0.3) is 11.0 Å². The van der Waals surface area contributed by atoms with Crippen LogP contribution in [0.15, 0.2) is 18.5 Å². The Bertz CT molecular complexity index is 474. The minimum absolute atomic E-state index is 0.699. The zero-order valence-corrected chi connectivity index (χ0v) is 9.88. The van der Waals surface area contributed by atoms with Crippen LogP contribution in [0.1, 0.15) is 17.5 Å². The molecule has 0 aliphatic carbocycles. The lowest BCUT2D eigenvalue weighted by molar-refractivity contribution is 0.700. The van der Waals surface area contributed by atoms with Crippen LogP contribution in [0.2, 0.25) is 0 Å². The first-order chi connectivity index (χ1) is 7.22. The molecule has 0 spiro atoms. The Labute approximate surface area is 94.9 Å². The van der Waals surface area contributed by atoms with Gasteiger partial charge >= 0.3 is 0 Å². The summed E-state index contributed by atoms with van der Waals surface area (Å²) < 4.78 is 2.18. The minimum atomic E-state index is 0.699. The lowest BCUT2D eigenvalue weighted by Gasteiger charge is -2.04. The molecule has 2 aromatic rings. The maximum Gasteiger partial charge on any atom is 0.0958 e. The summed E-state index contributed by atoms with van der Waals surface area (Å²) in [7, 11) is 0. The van der Waals surface area contributed by atoms with Gasteiger partial charge in [-0.05, 0) is 37.5 Å². The number of hydrogen-bond acceptors (Lipinski definition) is 1. The van der Waals surface area contributed by atoms with Crippen molar-refractivity contribution in [3.63, 3.8) is 0 Å². The Kier molecular flexibility index (Phi) is 2.96. The summed E-state index contributed by atoms with van der Waals surface area (Å²) in [6.07, 6.45) is 2.89. The van der Waals surface area contributed by atoms with Crippen molar-refractivity contribution in [2.24, 2.45) is 0 Å². The van der Waals surface area contributed by atoms with E-state index in [1.165, 1.54) is 16.6 Å². The lowest BCUT2D eigenvalue weighted by atomic mass is 10.1. The van der Waals surface area contributed by atoms with Crippen molar-refractivity contribution in [2.75, 3.05) is 5.88 Å². The lowest BCUT2D eigenvalue weighted by Crippen LogP contribution is -1.96. The number of imidazole rings is 1. The van der Waals surface area contributed by atoms with E-state index in [0.717, 1.165) is 18.5 Å². The highest BCUT2D eigenvalue weighted by Crippen LogP contribution is 2.19.